The van der Waals surface area contributed by atoms with Crippen molar-refractivity contribution >= 4 is 44.6 Å². The van der Waals surface area contributed by atoms with Gasteiger partial charge < -0.3 is 9.67 Å². The van der Waals surface area contributed by atoms with Gasteiger partial charge in [-0.2, -0.15) is 13.2 Å². The number of thioether (sulfide) groups is 1. The molecule has 0 fully saturated rings. The molecule has 130 valence electrons. The van der Waals surface area contributed by atoms with Gasteiger partial charge in [-0.3, -0.25) is 4.79 Å². The third-order valence-corrected chi connectivity index (χ3v) is 4.99. The van der Waals surface area contributed by atoms with Gasteiger partial charge in [-0.25, -0.2) is 4.98 Å². The highest BCUT2D eigenvalue weighted by atomic mass is 79.9. The molecule has 0 atom stereocenters. The van der Waals surface area contributed by atoms with E-state index >= 15 is 0 Å². The number of hydrogen-bond donors (Lipinski definition) is 1. The number of alkyl halides is 3. The van der Waals surface area contributed by atoms with Crippen molar-refractivity contribution in [3.63, 3.8) is 0 Å². The molecule has 0 amide bonds. The van der Waals surface area contributed by atoms with Gasteiger partial charge in [0.1, 0.15) is 0 Å². The zero-order valence-electron chi connectivity index (χ0n) is 12.4. The zero-order valence-corrected chi connectivity index (χ0v) is 14.8. The first-order chi connectivity index (χ1) is 11.8. The summed E-state index contributed by atoms with van der Waals surface area (Å²) >= 11 is 4.42. The predicted octanol–water partition coefficient (Wildman–Crippen LogP) is 4.98. The van der Waals surface area contributed by atoms with E-state index in [1.165, 1.54) is 12.3 Å². The van der Waals surface area contributed by atoms with Crippen molar-refractivity contribution in [3.8, 4) is 5.69 Å². The summed E-state index contributed by atoms with van der Waals surface area (Å²) in [6.07, 6.45) is -1.26. The number of benzene rings is 1. The summed E-state index contributed by atoms with van der Waals surface area (Å²) < 4.78 is 41.2. The fraction of sp³-hybridized carbons (Fsp3) is 0.125. The Labute approximate surface area is 152 Å². The first-order valence-electron chi connectivity index (χ1n) is 6.94. The van der Waals surface area contributed by atoms with Crippen LogP contribution in [0.4, 0.5) is 13.2 Å². The van der Waals surface area contributed by atoms with Crippen LogP contribution in [0.3, 0.4) is 0 Å². The maximum absolute atomic E-state index is 13.0. The molecular formula is C16H10BrF3N2O2S. The lowest BCUT2D eigenvalue weighted by molar-refractivity contribution is -0.137. The molecule has 0 saturated carbocycles. The van der Waals surface area contributed by atoms with Gasteiger partial charge in [-0.15, -0.1) is 0 Å². The first-order valence-corrected chi connectivity index (χ1v) is 8.72. The minimum Gasteiger partial charge on any atom is -0.481 e. The highest BCUT2D eigenvalue weighted by Gasteiger charge is 2.31. The van der Waals surface area contributed by atoms with Gasteiger partial charge in [0.05, 0.1) is 33.7 Å². The van der Waals surface area contributed by atoms with Crippen molar-refractivity contribution in [2.24, 2.45) is 0 Å². The molecule has 0 saturated heterocycles. The molecule has 0 aliphatic rings. The van der Waals surface area contributed by atoms with Gasteiger partial charge in [-0.05, 0) is 40.2 Å². The molecule has 25 heavy (non-hydrogen) atoms. The molecule has 0 radical (unpaired) electrons. The SMILES string of the molecule is O=C(O)CSc1ccc(-n2cc(Br)c3ccc(C(F)(F)F)cc32)cn1. The first kappa shape index (κ1) is 17.8. The number of nitrogens with zero attached hydrogens (tertiary/aromatic N) is 2. The van der Waals surface area contributed by atoms with Crippen LogP contribution >= 0.6 is 27.7 Å². The number of carbonyl (C=O) groups is 1. The van der Waals surface area contributed by atoms with Crippen LogP contribution in [0, 0.1) is 0 Å². The molecule has 1 aromatic carbocycles. The molecular weight excluding hydrogens is 421 g/mol. The van der Waals surface area contributed by atoms with Crippen molar-refractivity contribution in [1.29, 1.82) is 0 Å². The largest absolute Gasteiger partial charge is 0.481 e. The normalized spacial score (nSPS) is 11.8. The summed E-state index contributed by atoms with van der Waals surface area (Å²) in [5.74, 6) is -1.06. The number of pyridine rings is 1. The number of hydrogen-bond acceptors (Lipinski definition) is 3. The molecule has 9 heteroatoms. The Morgan fingerprint density at radius 1 is 1.28 bits per heavy atom. The van der Waals surface area contributed by atoms with Crippen molar-refractivity contribution in [3.05, 3.63) is 52.8 Å². The fourth-order valence-corrected chi connectivity index (χ4v) is 3.41. The number of aliphatic carboxylic acids is 1. The summed E-state index contributed by atoms with van der Waals surface area (Å²) in [5.41, 5.74) is 0.248. The van der Waals surface area contributed by atoms with Gasteiger partial charge in [0.15, 0.2) is 0 Å². The molecule has 3 rings (SSSR count). The third-order valence-electron chi connectivity index (χ3n) is 3.43. The molecule has 2 heterocycles. The van der Waals surface area contributed by atoms with Crippen LogP contribution in [0.25, 0.3) is 16.6 Å². The second kappa shape index (κ2) is 6.72. The summed E-state index contributed by atoms with van der Waals surface area (Å²) in [7, 11) is 0. The second-order valence-electron chi connectivity index (χ2n) is 5.11. The molecule has 4 nitrogen and oxygen atoms in total. The summed E-state index contributed by atoms with van der Waals surface area (Å²) in [4.78, 5) is 14.7. The molecule has 0 aliphatic carbocycles. The number of halogens is 4. The van der Waals surface area contributed by atoms with Gasteiger partial charge in [0, 0.05) is 16.1 Å². The van der Waals surface area contributed by atoms with Crippen LogP contribution < -0.4 is 0 Å². The highest BCUT2D eigenvalue weighted by Crippen LogP contribution is 2.35. The maximum Gasteiger partial charge on any atom is 0.416 e. The highest BCUT2D eigenvalue weighted by molar-refractivity contribution is 9.10. The van der Waals surface area contributed by atoms with Crippen LogP contribution in [-0.2, 0) is 11.0 Å². The molecule has 0 aliphatic heterocycles. The number of carboxylic acids is 1. The quantitative estimate of drug-likeness (QED) is 0.592. The van der Waals surface area contributed by atoms with E-state index in [1.807, 2.05) is 0 Å². The number of fused-ring (bicyclic) bond motifs is 1. The van der Waals surface area contributed by atoms with E-state index < -0.39 is 17.7 Å². The lowest BCUT2D eigenvalue weighted by Gasteiger charge is -2.09. The molecule has 2 aromatic heterocycles. The lowest BCUT2D eigenvalue weighted by Crippen LogP contribution is -2.05. The summed E-state index contributed by atoms with van der Waals surface area (Å²) in [6.45, 7) is 0. The van der Waals surface area contributed by atoms with Crippen molar-refractivity contribution in [2.75, 3.05) is 5.75 Å². The van der Waals surface area contributed by atoms with E-state index in [0.717, 1.165) is 23.9 Å². The zero-order chi connectivity index (χ0) is 18.2. The minimum atomic E-state index is -4.43. The molecule has 0 spiro atoms. The molecule has 3 aromatic rings. The molecule has 1 N–H and O–H groups in total. The van der Waals surface area contributed by atoms with Crippen LogP contribution in [0.15, 0.2) is 52.2 Å². The number of carboxylic acid groups (broad SMARTS) is 1. The van der Waals surface area contributed by atoms with Crippen LogP contribution in [-0.4, -0.2) is 26.4 Å². The van der Waals surface area contributed by atoms with E-state index in [1.54, 1.807) is 22.9 Å². The van der Waals surface area contributed by atoms with E-state index in [-0.39, 0.29) is 5.75 Å². The van der Waals surface area contributed by atoms with Crippen molar-refractivity contribution in [1.82, 2.24) is 9.55 Å². The van der Waals surface area contributed by atoms with Gasteiger partial charge in [0.25, 0.3) is 0 Å². The summed E-state index contributed by atoms with van der Waals surface area (Å²) in [6, 6.07) is 6.87. The minimum absolute atomic E-state index is 0.112. The fourth-order valence-electron chi connectivity index (χ4n) is 2.31. The number of aromatic nitrogens is 2. The topological polar surface area (TPSA) is 55.1 Å². The standard InChI is InChI=1S/C16H10BrF3N2O2S/c17-12-7-22(10-2-4-14(21-6-10)25-8-15(23)24)13-5-9(16(18,19)20)1-3-11(12)13/h1-7H,8H2,(H,23,24). The number of rotatable bonds is 4. The lowest BCUT2D eigenvalue weighted by atomic mass is 10.1. The van der Waals surface area contributed by atoms with Crippen LogP contribution in [0.1, 0.15) is 5.56 Å². The van der Waals surface area contributed by atoms with Crippen LogP contribution in [0.2, 0.25) is 0 Å². The molecule has 0 unspecified atom stereocenters. The summed E-state index contributed by atoms with van der Waals surface area (Å²) in [5, 5.41) is 9.85. The average molecular weight is 431 g/mol. The predicted molar refractivity (Wildman–Crippen MR) is 92.1 cm³/mol. The van der Waals surface area contributed by atoms with E-state index in [4.69, 9.17) is 5.11 Å². The Hall–Kier alpha value is -2.00. The average Bonchev–Trinajstić information content (AvgIpc) is 2.89. The second-order valence-corrected chi connectivity index (χ2v) is 6.96. The Bertz CT molecular complexity index is 939. The third kappa shape index (κ3) is 3.82. The Morgan fingerprint density at radius 2 is 2.04 bits per heavy atom. The maximum atomic E-state index is 13.0. The van der Waals surface area contributed by atoms with Gasteiger partial charge >= 0.3 is 12.1 Å². The van der Waals surface area contributed by atoms with Crippen LogP contribution in [0.5, 0.6) is 0 Å². The Kier molecular flexibility index (Phi) is 4.79. The van der Waals surface area contributed by atoms with E-state index in [2.05, 4.69) is 20.9 Å². The van der Waals surface area contributed by atoms with E-state index in [0.29, 0.717) is 26.1 Å². The van der Waals surface area contributed by atoms with Crippen molar-refractivity contribution < 1.29 is 23.1 Å². The smallest absolute Gasteiger partial charge is 0.416 e. The molecule has 0 bridgehead atoms. The monoisotopic (exact) mass is 430 g/mol. The van der Waals surface area contributed by atoms with Crippen molar-refractivity contribution in [2.45, 2.75) is 11.2 Å². The van der Waals surface area contributed by atoms with E-state index in [9.17, 15) is 18.0 Å². The Morgan fingerprint density at radius 3 is 2.64 bits per heavy atom. The Balaban J connectivity index is 2.01. The van der Waals surface area contributed by atoms with Gasteiger partial charge in [-0.1, -0.05) is 17.8 Å². The van der Waals surface area contributed by atoms with Gasteiger partial charge in [0.2, 0.25) is 0 Å².